The number of hydrogen-bond donors (Lipinski definition) is 4. The third kappa shape index (κ3) is 15.2. The minimum Gasteiger partial charge on any atom is -0.392 e. The fourth-order valence-corrected chi connectivity index (χ4v) is 6.30. The van der Waals surface area contributed by atoms with Crippen molar-refractivity contribution in [1.82, 2.24) is 10.4 Å². The Morgan fingerprint density at radius 3 is 2.02 bits per heavy atom. The van der Waals surface area contributed by atoms with Crippen LogP contribution >= 0.6 is 0 Å². The second-order valence-corrected chi connectivity index (χ2v) is 13.2. The van der Waals surface area contributed by atoms with Crippen LogP contribution in [-0.4, -0.2) is 52.8 Å². The van der Waals surface area contributed by atoms with Crippen molar-refractivity contribution in [1.29, 1.82) is 0 Å². The highest BCUT2D eigenvalue weighted by atomic mass is 16.7. The summed E-state index contributed by atoms with van der Waals surface area (Å²) in [4.78, 5) is 26.5. The molecule has 0 bridgehead atoms. The topological polar surface area (TPSA) is 120 Å². The summed E-state index contributed by atoms with van der Waals surface area (Å²) in [7, 11) is 0. The van der Waals surface area contributed by atoms with E-state index in [0.717, 1.165) is 42.7 Å². The zero-order valence-corrected chi connectivity index (χ0v) is 29.5. The van der Waals surface area contributed by atoms with Gasteiger partial charge in [-0.1, -0.05) is 114 Å². The highest BCUT2D eigenvalue weighted by molar-refractivity contribution is 5.91. The molecule has 1 saturated heterocycles. The Morgan fingerprint density at radius 1 is 0.771 bits per heavy atom. The molecule has 0 aromatic heterocycles. The Bertz CT molecular complexity index is 1160. The molecule has 48 heavy (non-hydrogen) atoms. The number of carbonyl (C=O) groups excluding carboxylic acids is 2. The number of nitrogens with one attached hydrogen (secondary N) is 2. The number of amides is 2. The molecule has 0 unspecified atom stereocenters. The number of rotatable bonds is 24. The molecule has 4 N–H and O–H groups in total. The van der Waals surface area contributed by atoms with Gasteiger partial charge < -0.3 is 24.8 Å². The number of aliphatic hydroxyl groups excluding tert-OH is 1. The van der Waals surface area contributed by atoms with Crippen molar-refractivity contribution in [3.63, 3.8) is 0 Å². The molecular weight excluding hydrogens is 606 g/mol. The number of hydrogen-bond acceptors (Lipinski definition) is 7. The normalized spacial score (nSPS) is 17.8. The Balaban J connectivity index is 1.72. The number of anilines is 1. The van der Waals surface area contributed by atoms with Crippen LogP contribution in [0.2, 0.25) is 0 Å². The summed E-state index contributed by atoms with van der Waals surface area (Å²) < 4.78 is 13.3. The molecule has 3 rings (SSSR count). The Morgan fingerprint density at radius 2 is 1.40 bits per heavy atom. The molecule has 268 valence electrons. The number of unbranched alkanes of at least 4 members (excludes halogenated alkanes) is 10. The zero-order chi connectivity index (χ0) is 34.4. The molecule has 9 nitrogen and oxygen atoms in total. The first-order valence-corrected chi connectivity index (χ1v) is 18.5. The third-order valence-corrected chi connectivity index (χ3v) is 9.11. The van der Waals surface area contributed by atoms with Crippen LogP contribution < -0.4 is 10.8 Å². The maximum atomic E-state index is 12.6. The van der Waals surface area contributed by atoms with Crippen molar-refractivity contribution in [2.75, 3.05) is 25.0 Å². The number of hydroxylamine groups is 1. The summed E-state index contributed by atoms with van der Waals surface area (Å²) in [6, 6.07) is 15.5. The minimum atomic E-state index is -0.610. The van der Waals surface area contributed by atoms with Crippen LogP contribution in [0.25, 0.3) is 0 Å². The highest BCUT2D eigenvalue weighted by Crippen LogP contribution is 2.38. The largest absolute Gasteiger partial charge is 0.392 e. The molecule has 2 aromatic carbocycles. The van der Waals surface area contributed by atoms with Gasteiger partial charge in [-0.05, 0) is 55.6 Å². The maximum absolute atomic E-state index is 12.6. The molecule has 1 heterocycles. The van der Waals surface area contributed by atoms with Crippen molar-refractivity contribution < 1.29 is 29.4 Å². The number of benzene rings is 2. The van der Waals surface area contributed by atoms with Crippen LogP contribution in [0.5, 0.6) is 0 Å². The van der Waals surface area contributed by atoms with Gasteiger partial charge in [0, 0.05) is 37.1 Å². The molecule has 0 saturated carbocycles. The van der Waals surface area contributed by atoms with Gasteiger partial charge in [0.25, 0.3) is 0 Å². The van der Waals surface area contributed by atoms with E-state index in [1.54, 1.807) is 5.48 Å². The first-order chi connectivity index (χ1) is 23.4. The monoisotopic (exact) mass is 667 g/mol. The second kappa shape index (κ2) is 23.5. The van der Waals surface area contributed by atoms with E-state index < -0.39 is 12.2 Å². The molecule has 9 heteroatoms. The fraction of sp³-hybridized carbons (Fsp3) is 0.641. The lowest BCUT2D eigenvalue weighted by Crippen LogP contribution is -2.40. The zero-order valence-electron chi connectivity index (χ0n) is 29.5. The van der Waals surface area contributed by atoms with E-state index in [1.807, 2.05) is 48.5 Å². The molecule has 2 amide bonds. The Kier molecular flexibility index (Phi) is 19.4. The van der Waals surface area contributed by atoms with Crippen molar-refractivity contribution in [2.45, 2.75) is 142 Å². The average molecular weight is 668 g/mol. The van der Waals surface area contributed by atoms with E-state index in [9.17, 15) is 14.7 Å². The van der Waals surface area contributed by atoms with Gasteiger partial charge in [0.15, 0.2) is 6.29 Å². The van der Waals surface area contributed by atoms with Crippen LogP contribution in [0.1, 0.15) is 146 Å². The van der Waals surface area contributed by atoms with Crippen LogP contribution in [0, 0.1) is 0 Å². The van der Waals surface area contributed by atoms with Gasteiger partial charge in [-0.3, -0.25) is 14.8 Å². The summed E-state index contributed by atoms with van der Waals surface area (Å²) in [6.45, 7) is 7.50. The lowest BCUT2D eigenvalue weighted by molar-refractivity contribution is -0.253. The fourth-order valence-electron chi connectivity index (χ4n) is 6.30. The van der Waals surface area contributed by atoms with Crippen molar-refractivity contribution in [3.05, 3.63) is 65.2 Å². The van der Waals surface area contributed by atoms with Gasteiger partial charge in [-0.15, -0.1) is 0 Å². The predicted octanol–water partition coefficient (Wildman–Crippen LogP) is 8.36. The molecule has 1 fully saturated rings. The highest BCUT2D eigenvalue weighted by Gasteiger charge is 2.33. The van der Waals surface area contributed by atoms with Crippen LogP contribution in [0.3, 0.4) is 0 Å². The van der Waals surface area contributed by atoms with Gasteiger partial charge in [0.05, 0.1) is 18.8 Å². The molecule has 1 aliphatic rings. The van der Waals surface area contributed by atoms with E-state index in [4.69, 9.17) is 14.7 Å². The van der Waals surface area contributed by atoms with E-state index in [-0.39, 0.29) is 37.6 Å². The van der Waals surface area contributed by atoms with Gasteiger partial charge in [0.1, 0.15) is 0 Å². The van der Waals surface area contributed by atoms with E-state index in [2.05, 4.69) is 24.1 Å². The second-order valence-electron chi connectivity index (χ2n) is 13.2. The summed E-state index contributed by atoms with van der Waals surface area (Å²) in [6.07, 6.45) is 15.8. The number of carbonyl (C=O) groups is 2. The van der Waals surface area contributed by atoms with E-state index >= 15 is 0 Å². The summed E-state index contributed by atoms with van der Waals surface area (Å²) >= 11 is 0. The van der Waals surface area contributed by atoms with Crippen LogP contribution in [0.4, 0.5) is 5.69 Å². The summed E-state index contributed by atoms with van der Waals surface area (Å²) in [5, 5.41) is 21.2. The average Bonchev–Trinajstić information content (AvgIpc) is 3.11. The third-order valence-electron chi connectivity index (χ3n) is 9.11. The molecule has 3 atom stereocenters. The molecule has 0 aliphatic carbocycles. The summed E-state index contributed by atoms with van der Waals surface area (Å²) in [5.41, 5.74) is 4.97. The van der Waals surface area contributed by atoms with Gasteiger partial charge in [-0.25, -0.2) is 5.48 Å². The lowest BCUT2D eigenvalue weighted by atomic mass is 9.99. The van der Waals surface area contributed by atoms with Gasteiger partial charge >= 0.3 is 0 Å². The number of ether oxygens (including phenoxy) is 2. The first-order valence-electron chi connectivity index (χ1n) is 18.5. The predicted molar refractivity (Wildman–Crippen MR) is 190 cm³/mol. The minimum absolute atomic E-state index is 0.000836. The maximum Gasteiger partial charge on any atom is 0.243 e. The van der Waals surface area contributed by atoms with Crippen molar-refractivity contribution in [3.8, 4) is 0 Å². The smallest absolute Gasteiger partial charge is 0.243 e. The molecule has 2 aromatic rings. The van der Waals surface area contributed by atoms with Crippen LogP contribution in [0.15, 0.2) is 48.5 Å². The van der Waals surface area contributed by atoms with Gasteiger partial charge in [0.2, 0.25) is 11.8 Å². The van der Waals surface area contributed by atoms with Crippen molar-refractivity contribution >= 4 is 17.5 Å². The first kappa shape index (κ1) is 39.6. The Hall–Kier alpha value is -2.82. The van der Waals surface area contributed by atoms with E-state index in [0.29, 0.717) is 12.1 Å². The standard InChI is InChI=1S/C39H61N3O6/c1-3-5-7-9-11-13-25-42(26-14-12-10-8-6-4-2)29-35-28-36(32-23-21-31(30-43)22-24-32)48-39(47-35)33-17-15-18-34(27-33)40-37(44)19-16-20-38(45)41-46/h15,17-18,21-24,27,35-36,39,43,46H,3-14,16,19-20,25-26,28-30H2,1-2H3,(H,40,44)(H,41,45)/t35-,36+,39+/m0/s1. The SMILES string of the molecule is CCCCCCCCN(CCCCCCCC)C[C@@H]1C[C@H](c2ccc(CO)cc2)O[C@H](c2cccc(NC(=O)CCCC(=O)NO)c2)O1. The quantitative estimate of drug-likeness (QED) is 0.0504. The number of aliphatic hydroxyl groups is 1. The molecule has 1 aliphatic heterocycles. The van der Waals surface area contributed by atoms with Gasteiger partial charge in [-0.2, -0.15) is 0 Å². The molecular formula is C39H61N3O6. The van der Waals surface area contributed by atoms with Crippen molar-refractivity contribution in [2.24, 2.45) is 0 Å². The summed E-state index contributed by atoms with van der Waals surface area (Å²) in [5.74, 6) is -0.716. The molecule has 0 radical (unpaired) electrons. The van der Waals surface area contributed by atoms with E-state index in [1.165, 1.54) is 77.0 Å². The molecule has 0 spiro atoms. The van der Waals surface area contributed by atoms with Crippen LogP contribution in [-0.2, 0) is 25.7 Å². The Labute approximate surface area is 288 Å². The lowest BCUT2D eigenvalue weighted by Gasteiger charge is -2.38. The number of nitrogens with zero attached hydrogens (tertiary/aromatic N) is 1.